The van der Waals surface area contributed by atoms with Gasteiger partial charge in [-0.15, -0.1) is 0 Å². The van der Waals surface area contributed by atoms with Crippen LogP contribution in [0.25, 0.3) is 10.9 Å². The number of nitrogens with two attached hydrogens (primary N) is 2. The van der Waals surface area contributed by atoms with Crippen molar-refractivity contribution >= 4 is 106 Å². The molecule has 0 aliphatic carbocycles. The topological polar surface area (TPSA) is 527 Å². The predicted molar refractivity (Wildman–Crippen MR) is 384 cm³/mol. The van der Waals surface area contributed by atoms with Gasteiger partial charge in [0.15, 0.2) is 0 Å². The Morgan fingerprint density at radius 1 is 0.581 bits per heavy atom. The smallest absolute Gasteiger partial charge is 0.317 e. The van der Waals surface area contributed by atoms with E-state index in [1.807, 2.05) is 20.1 Å². The van der Waals surface area contributed by atoms with Gasteiger partial charge >= 0.3 is 17.9 Å². The van der Waals surface area contributed by atoms with Crippen molar-refractivity contribution in [1.82, 2.24) is 82.4 Å². The molecule has 37 heteroatoms. The molecule has 576 valence electrons. The first kappa shape index (κ1) is 85.4. The van der Waals surface area contributed by atoms with E-state index in [2.05, 4.69) is 62.8 Å². The molecule has 1 fully saturated rings. The summed E-state index contributed by atoms with van der Waals surface area (Å²) in [6, 6.07) is 2.22. The number of para-hydroxylation sites is 1. The molecule has 0 saturated carbocycles. The van der Waals surface area contributed by atoms with Gasteiger partial charge in [-0.3, -0.25) is 86.7 Å². The molecule has 105 heavy (non-hydrogen) atoms. The maximum Gasteiger partial charge on any atom is 0.317 e. The van der Waals surface area contributed by atoms with Gasteiger partial charge in [-0.2, -0.15) is 11.8 Å². The summed E-state index contributed by atoms with van der Waals surface area (Å²) in [6.07, 6.45) is 5.67. The van der Waals surface area contributed by atoms with E-state index in [0.717, 1.165) is 0 Å². The van der Waals surface area contributed by atoms with Crippen molar-refractivity contribution in [1.29, 1.82) is 0 Å². The van der Waals surface area contributed by atoms with Gasteiger partial charge < -0.3 is 89.3 Å². The number of rotatable bonds is 41. The Bertz CT molecular complexity index is 3620. The average molecular weight is 1490 g/mol. The summed E-state index contributed by atoms with van der Waals surface area (Å²) in [5, 5.41) is 53.2. The van der Waals surface area contributed by atoms with Gasteiger partial charge in [0.2, 0.25) is 59.1 Å². The van der Waals surface area contributed by atoms with Crippen LogP contribution in [0.3, 0.4) is 0 Å². The van der Waals surface area contributed by atoms with Crippen molar-refractivity contribution in [2.24, 2.45) is 23.3 Å². The van der Waals surface area contributed by atoms with Gasteiger partial charge in [0.1, 0.15) is 48.0 Å². The second kappa shape index (κ2) is 43.1. The van der Waals surface area contributed by atoms with Gasteiger partial charge in [0.25, 0.3) is 5.91 Å². The van der Waals surface area contributed by atoms with Gasteiger partial charge in [0, 0.05) is 113 Å². The monoisotopic (exact) mass is 1490 g/mol. The van der Waals surface area contributed by atoms with E-state index in [0.29, 0.717) is 33.5 Å². The van der Waals surface area contributed by atoms with Crippen molar-refractivity contribution in [3.8, 4) is 5.75 Å². The van der Waals surface area contributed by atoms with E-state index in [1.165, 1.54) is 56.5 Å². The van der Waals surface area contributed by atoms with Gasteiger partial charge in [0.05, 0.1) is 51.9 Å². The number of aromatic nitrogens is 3. The summed E-state index contributed by atoms with van der Waals surface area (Å²) < 4.78 is 5.62. The van der Waals surface area contributed by atoms with Crippen LogP contribution < -0.4 is 64.1 Å². The normalized spacial score (nSPS) is 15.5. The van der Waals surface area contributed by atoms with E-state index in [1.54, 1.807) is 63.9 Å². The number of nitrogens with one attached hydrogen (secondary N) is 11. The number of hydrogen-bond donors (Lipinski definition) is 16. The summed E-state index contributed by atoms with van der Waals surface area (Å²) in [7, 11) is 1.32. The maximum absolute atomic E-state index is 14.5. The van der Waals surface area contributed by atoms with E-state index in [4.69, 9.17) is 16.2 Å². The number of methoxy groups -OCH3 is 1. The Morgan fingerprint density at radius 3 is 1.68 bits per heavy atom. The Hall–Kier alpha value is -10.2. The molecule has 36 nitrogen and oxygen atoms in total. The highest BCUT2D eigenvalue weighted by Gasteiger charge is 2.35. The van der Waals surface area contributed by atoms with Crippen LogP contribution in [0.4, 0.5) is 0 Å². The molecule has 18 N–H and O–H groups in total. The number of hydrogen-bond acceptors (Lipinski definition) is 21. The number of nitrogens with zero attached hydrogens (tertiary/aromatic N) is 5. The van der Waals surface area contributed by atoms with E-state index in [-0.39, 0.29) is 134 Å². The van der Waals surface area contributed by atoms with Crippen molar-refractivity contribution in [2.75, 3.05) is 104 Å². The zero-order valence-corrected chi connectivity index (χ0v) is 60.9. The van der Waals surface area contributed by atoms with Crippen LogP contribution in [-0.2, 0) is 81.7 Å². The summed E-state index contributed by atoms with van der Waals surface area (Å²) >= 11 is 1.45. The number of carbonyl (C=O) groups excluding carboxylic acids is 11. The SMILES string of the molecule is COc1cc(C(=O)NC(CCC(N)=O)C(=O)N[C@@H](Cc2c[nH]c3ccccc23)C(=O)N[C@@H](C)C(=O)N[C@H](C(=O)NCC(=O)N[C@@H](Cc2c[nH]cn2)C(=O)N[C@@H](CC(C)C)C(=O)N[C@@H](CCSC)C(N)=O)C(C)C)ccc1CNC(=O)CN1CCN(CC(=O)O)CCN(CC(=O)O)CCN(CC(=O)O)CC1. The number of fused-ring (bicyclic) bond motifs is 1. The molecule has 7 atom stereocenters. The molecule has 2 aromatic heterocycles. The van der Waals surface area contributed by atoms with Crippen LogP contribution >= 0.6 is 11.8 Å². The fourth-order valence-electron chi connectivity index (χ4n) is 11.4. The summed E-state index contributed by atoms with van der Waals surface area (Å²) in [5.41, 5.74) is 13.1. The average Bonchev–Trinajstić information content (AvgIpc) is 1.77. The molecule has 0 spiro atoms. The Balaban J connectivity index is 1.26. The fourth-order valence-corrected chi connectivity index (χ4v) is 11.8. The minimum atomic E-state index is -1.51. The number of carbonyl (C=O) groups is 14. The van der Waals surface area contributed by atoms with E-state index >= 15 is 0 Å². The summed E-state index contributed by atoms with van der Waals surface area (Å²) in [5.74, 6) is -12.0. The van der Waals surface area contributed by atoms with Crippen LogP contribution in [-0.4, -0.2) is 279 Å². The van der Waals surface area contributed by atoms with Crippen LogP contribution in [0, 0.1) is 11.8 Å². The third-order valence-electron chi connectivity index (χ3n) is 17.1. The molecule has 1 aliphatic heterocycles. The number of benzene rings is 2. The number of primary amides is 2. The number of aliphatic carboxylic acids is 3. The van der Waals surface area contributed by atoms with Crippen molar-refractivity contribution in [2.45, 2.75) is 122 Å². The molecule has 2 aromatic carbocycles. The molecule has 5 rings (SSSR count). The highest BCUT2D eigenvalue weighted by molar-refractivity contribution is 7.98. The number of H-pyrrole nitrogens is 2. The van der Waals surface area contributed by atoms with Crippen molar-refractivity contribution < 1.29 is 87.2 Å². The number of amides is 11. The molecule has 0 bridgehead atoms. The predicted octanol–water partition coefficient (Wildman–Crippen LogP) is -3.17. The quantitative estimate of drug-likeness (QED) is 0.0208. The number of aromatic amines is 2. The lowest BCUT2D eigenvalue weighted by atomic mass is 10.0. The Morgan fingerprint density at radius 2 is 1.13 bits per heavy atom. The van der Waals surface area contributed by atoms with Crippen molar-refractivity contribution in [3.05, 3.63) is 83.6 Å². The fraction of sp³-hybridized carbons (Fsp3) is 0.544. The summed E-state index contributed by atoms with van der Waals surface area (Å²) in [6.45, 7) is 7.69. The van der Waals surface area contributed by atoms with Gasteiger partial charge in [-0.05, 0) is 73.8 Å². The number of ether oxygens (including phenoxy) is 1. The second-order valence-electron chi connectivity index (χ2n) is 26.2. The lowest BCUT2D eigenvalue weighted by Crippen LogP contribution is -2.59. The van der Waals surface area contributed by atoms with Gasteiger partial charge in [-0.1, -0.05) is 52.0 Å². The zero-order valence-electron chi connectivity index (χ0n) is 60.1. The molecular weight excluding hydrogens is 1390 g/mol. The molecule has 11 amide bonds. The maximum atomic E-state index is 14.5. The molecule has 4 aromatic rings. The van der Waals surface area contributed by atoms with Crippen LogP contribution in [0.5, 0.6) is 5.75 Å². The van der Waals surface area contributed by atoms with Crippen LogP contribution in [0.15, 0.2) is 61.2 Å². The standard InChI is InChI=1S/C68H100N18O18S/c1-39(2)26-50(66(101)78-48(61(70)96)16-25-105-7)80-67(102)52(29-45-32-71-38-75-45)77-55(88)33-74-68(103)60(40(3)4)82-62(97)41(5)76-65(100)51(27-44-31-72-47-11-9-8-10-46(44)47)81-64(99)49(14-15-54(69)87)79-63(98)42-12-13-43(53(28-42)104-6)30-73-56(89)34-83-17-19-84(35-57(90)91)21-23-86(37-59(94)95)24-22-85(20-18-83)36-58(92)93/h8-13,28,31-32,38-41,48-52,60,72H,14-27,29-30,33-37H2,1-7H3,(H2,69,87)(H2,70,96)(H,71,75)(H,73,89)(H,74,103)(H,76,100)(H,77,88)(H,78,101)(H,79,98)(H,80,102)(H,81,99)(H,82,97)(H,90,91)(H,92,93)(H,94,95)/t41-,48-,49?,50-,51-,52-,60-/m0/s1. The highest BCUT2D eigenvalue weighted by atomic mass is 32.2. The Labute approximate surface area is 611 Å². The molecule has 3 heterocycles. The third kappa shape index (κ3) is 29.8. The molecule has 0 radical (unpaired) electrons. The number of carboxylic acids is 3. The lowest BCUT2D eigenvalue weighted by molar-refractivity contribution is -0.140. The molecule has 1 aliphatic rings. The molecule has 1 saturated heterocycles. The minimum Gasteiger partial charge on any atom is -0.496 e. The number of thioether (sulfide) groups is 1. The van der Waals surface area contributed by atoms with Crippen LogP contribution in [0.2, 0.25) is 0 Å². The van der Waals surface area contributed by atoms with E-state index in [9.17, 15) is 82.4 Å². The second-order valence-corrected chi connectivity index (χ2v) is 27.2. The van der Waals surface area contributed by atoms with Gasteiger partial charge in [-0.25, -0.2) is 4.98 Å². The van der Waals surface area contributed by atoms with Crippen LogP contribution in [0.1, 0.15) is 87.5 Å². The zero-order chi connectivity index (χ0) is 77.4. The number of imidazole rings is 1. The van der Waals surface area contributed by atoms with E-state index < -0.39 is 144 Å². The minimum absolute atomic E-state index is 0.0321. The number of carboxylic acid groups (broad SMARTS) is 3. The third-order valence-corrected chi connectivity index (χ3v) is 17.7. The lowest BCUT2D eigenvalue weighted by Gasteiger charge is -2.32. The first-order valence-electron chi connectivity index (χ1n) is 34.3. The molecule has 1 unspecified atom stereocenters. The Kier molecular flexibility index (Phi) is 35.1. The van der Waals surface area contributed by atoms with Crippen molar-refractivity contribution in [3.63, 3.8) is 0 Å². The first-order chi connectivity index (χ1) is 49.8. The largest absolute Gasteiger partial charge is 0.496 e. The highest BCUT2D eigenvalue weighted by Crippen LogP contribution is 2.22. The summed E-state index contributed by atoms with van der Waals surface area (Å²) in [4.78, 5) is 202. The first-order valence-corrected chi connectivity index (χ1v) is 35.7. The molecular formula is C68H100N18O18S.